The molecule has 0 bridgehead atoms. The molecule has 0 fully saturated rings. The van der Waals surface area contributed by atoms with Crippen molar-refractivity contribution >= 4 is 23.2 Å². The second kappa shape index (κ2) is 6.50. The average molecular weight is 280 g/mol. The lowest BCUT2D eigenvalue weighted by atomic mass is 10.1. The number of nitrogens with one attached hydrogen (secondary N) is 1. The van der Waals surface area contributed by atoms with Gasteiger partial charge in [-0.3, -0.25) is 19.7 Å². The summed E-state index contributed by atoms with van der Waals surface area (Å²) in [5, 5.41) is 13.6. The summed E-state index contributed by atoms with van der Waals surface area (Å²) < 4.78 is 0. The number of benzene rings is 1. The Labute approximate surface area is 115 Å². The summed E-state index contributed by atoms with van der Waals surface area (Å²) in [6, 6.07) is 3.71. The molecule has 1 aromatic rings. The lowest BCUT2D eigenvalue weighted by Gasteiger charge is -2.15. The van der Waals surface area contributed by atoms with Crippen molar-refractivity contribution in [3.63, 3.8) is 0 Å². The maximum atomic E-state index is 11.6. The van der Waals surface area contributed by atoms with Gasteiger partial charge in [0, 0.05) is 25.2 Å². The molecule has 0 aliphatic heterocycles. The number of nitro benzene ring substituents is 1. The van der Waals surface area contributed by atoms with Crippen LogP contribution < -0.4 is 11.1 Å². The summed E-state index contributed by atoms with van der Waals surface area (Å²) >= 11 is 0. The van der Waals surface area contributed by atoms with E-state index in [2.05, 4.69) is 5.32 Å². The molecule has 0 aromatic heterocycles. The lowest BCUT2D eigenvalue weighted by molar-refractivity contribution is -0.383. The second-order valence-corrected chi connectivity index (χ2v) is 4.11. The van der Waals surface area contributed by atoms with E-state index in [9.17, 15) is 19.7 Å². The molecule has 0 heterocycles. The highest BCUT2D eigenvalue weighted by Crippen LogP contribution is 2.25. The quantitative estimate of drug-likeness (QED) is 0.583. The third kappa shape index (κ3) is 3.67. The van der Waals surface area contributed by atoms with Crippen molar-refractivity contribution < 1.29 is 14.5 Å². The smallest absolute Gasteiger partial charge is 0.292 e. The van der Waals surface area contributed by atoms with Crippen LogP contribution in [0.5, 0.6) is 0 Å². The molecular formula is C12H16N4O4. The summed E-state index contributed by atoms with van der Waals surface area (Å²) in [6.07, 6.45) is 0. The van der Waals surface area contributed by atoms with Crippen LogP contribution in [-0.2, 0) is 4.79 Å². The van der Waals surface area contributed by atoms with E-state index in [1.165, 1.54) is 23.1 Å². The second-order valence-electron chi connectivity index (χ2n) is 4.11. The Morgan fingerprint density at radius 2 is 2.10 bits per heavy atom. The van der Waals surface area contributed by atoms with Crippen LogP contribution in [0.1, 0.15) is 17.3 Å². The summed E-state index contributed by atoms with van der Waals surface area (Å²) in [6.45, 7) is 2.24. The fourth-order valence-corrected chi connectivity index (χ4v) is 1.47. The Kier molecular flexibility index (Phi) is 5.01. The molecular weight excluding hydrogens is 264 g/mol. The number of anilines is 1. The summed E-state index contributed by atoms with van der Waals surface area (Å²) in [5.41, 5.74) is 5.12. The number of carbonyl (C=O) groups is 2. The van der Waals surface area contributed by atoms with Crippen LogP contribution in [0.4, 0.5) is 11.4 Å². The van der Waals surface area contributed by atoms with Crippen molar-refractivity contribution in [2.75, 3.05) is 25.5 Å². The Morgan fingerprint density at radius 3 is 2.60 bits per heavy atom. The number of carbonyl (C=O) groups excluding carboxylic acids is 2. The van der Waals surface area contributed by atoms with Gasteiger partial charge >= 0.3 is 0 Å². The van der Waals surface area contributed by atoms with Crippen molar-refractivity contribution in [2.24, 2.45) is 5.73 Å². The fraction of sp³-hybridized carbons (Fsp3) is 0.333. The Hall–Kier alpha value is -2.64. The molecule has 0 saturated carbocycles. The number of primary amides is 1. The standard InChI is InChI=1S/C12H16N4O4/c1-3-15(2)11(17)7-14-9-6-8(12(13)18)4-5-10(9)16(19)20/h4-6,14H,3,7H2,1-2H3,(H2,13,18). The number of nitro groups is 1. The van der Waals surface area contributed by atoms with Gasteiger partial charge in [0.15, 0.2) is 0 Å². The molecule has 2 amide bonds. The van der Waals surface area contributed by atoms with Gasteiger partial charge in [0.1, 0.15) is 5.69 Å². The largest absolute Gasteiger partial charge is 0.371 e. The van der Waals surface area contributed by atoms with E-state index in [0.717, 1.165) is 0 Å². The first-order chi connectivity index (χ1) is 9.36. The van der Waals surface area contributed by atoms with Crippen LogP contribution in [0.3, 0.4) is 0 Å². The number of rotatable bonds is 6. The van der Waals surface area contributed by atoms with Gasteiger partial charge in [-0.15, -0.1) is 0 Å². The number of amides is 2. The van der Waals surface area contributed by atoms with Gasteiger partial charge in [-0.25, -0.2) is 0 Å². The molecule has 8 heteroatoms. The van der Waals surface area contributed by atoms with Crippen LogP contribution in [0.2, 0.25) is 0 Å². The summed E-state index contributed by atoms with van der Waals surface area (Å²) in [5.74, 6) is -0.911. The fourth-order valence-electron chi connectivity index (χ4n) is 1.47. The molecule has 0 spiro atoms. The van der Waals surface area contributed by atoms with Crippen molar-refractivity contribution in [3.05, 3.63) is 33.9 Å². The van der Waals surface area contributed by atoms with Gasteiger partial charge in [-0.1, -0.05) is 0 Å². The molecule has 0 atom stereocenters. The van der Waals surface area contributed by atoms with E-state index in [1.807, 2.05) is 6.92 Å². The van der Waals surface area contributed by atoms with Gasteiger partial charge in [-0.05, 0) is 19.1 Å². The first-order valence-corrected chi connectivity index (χ1v) is 5.92. The zero-order valence-corrected chi connectivity index (χ0v) is 11.3. The van der Waals surface area contributed by atoms with Gasteiger partial charge in [0.25, 0.3) is 5.69 Å². The Morgan fingerprint density at radius 1 is 1.45 bits per heavy atom. The van der Waals surface area contributed by atoms with E-state index in [4.69, 9.17) is 5.73 Å². The molecule has 8 nitrogen and oxygen atoms in total. The first kappa shape index (κ1) is 15.4. The minimum Gasteiger partial charge on any atom is -0.371 e. The van der Waals surface area contributed by atoms with Crippen molar-refractivity contribution in [3.8, 4) is 0 Å². The van der Waals surface area contributed by atoms with Gasteiger partial charge in [0.05, 0.1) is 11.5 Å². The zero-order chi connectivity index (χ0) is 15.3. The SMILES string of the molecule is CCN(C)C(=O)CNc1cc(C(N)=O)ccc1[N+](=O)[O-]. The van der Waals surface area contributed by atoms with Crippen molar-refractivity contribution in [1.82, 2.24) is 4.90 Å². The predicted molar refractivity (Wildman–Crippen MR) is 73.4 cm³/mol. The van der Waals surface area contributed by atoms with E-state index in [1.54, 1.807) is 7.05 Å². The summed E-state index contributed by atoms with van der Waals surface area (Å²) in [4.78, 5) is 34.5. The van der Waals surface area contributed by atoms with Gasteiger partial charge < -0.3 is 16.0 Å². The summed E-state index contributed by atoms with van der Waals surface area (Å²) in [7, 11) is 1.62. The van der Waals surface area contributed by atoms with Crippen molar-refractivity contribution in [1.29, 1.82) is 0 Å². The topological polar surface area (TPSA) is 119 Å². The zero-order valence-electron chi connectivity index (χ0n) is 11.3. The minimum atomic E-state index is -0.694. The first-order valence-electron chi connectivity index (χ1n) is 5.92. The molecule has 0 aliphatic rings. The lowest BCUT2D eigenvalue weighted by Crippen LogP contribution is -2.32. The number of nitrogens with two attached hydrogens (primary N) is 1. The van der Waals surface area contributed by atoms with Crippen LogP contribution in [0.25, 0.3) is 0 Å². The number of nitrogens with zero attached hydrogens (tertiary/aromatic N) is 2. The maximum Gasteiger partial charge on any atom is 0.292 e. The van der Waals surface area contributed by atoms with Crippen LogP contribution in [0.15, 0.2) is 18.2 Å². The molecule has 3 N–H and O–H groups in total. The Bertz CT molecular complexity index is 544. The van der Waals surface area contributed by atoms with Crippen molar-refractivity contribution in [2.45, 2.75) is 6.92 Å². The van der Waals surface area contributed by atoms with E-state index in [0.29, 0.717) is 6.54 Å². The van der Waals surface area contributed by atoms with Crippen LogP contribution >= 0.6 is 0 Å². The third-order valence-corrected chi connectivity index (χ3v) is 2.81. The van der Waals surface area contributed by atoms with Crippen LogP contribution in [-0.4, -0.2) is 41.8 Å². The monoisotopic (exact) mass is 280 g/mol. The highest BCUT2D eigenvalue weighted by molar-refractivity contribution is 5.95. The van der Waals surface area contributed by atoms with E-state index in [-0.39, 0.29) is 29.4 Å². The highest BCUT2D eigenvalue weighted by Gasteiger charge is 2.17. The van der Waals surface area contributed by atoms with Gasteiger partial charge in [-0.2, -0.15) is 0 Å². The van der Waals surface area contributed by atoms with E-state index < -0.39 is 10.8 Å². The van der Waals surface area contributed by atoms with Crippen LogP contribution in [0, 0.1) is 10.1 Å². The number of hydrogen-bond donors (Lipinski definition) is 2. The molecule has 0 unspecified atom stereocenters. The predicted octanol–water partition coefficient (Wildman–Crippen LogP) is 0.584. The molecule has 0 aliphatic carbocycles. The molecule has 0 saturated heterocycles. The Balaban J connectivity index is 2.96. The van der Waals surface area contributed by atoms with E-state index >= 15 is 0 Å². The molecule has 1 rings (SSSR count). The minimum absolute atomic E-state index is 0.0872. The average Bonchev–Trinajstić information content (AvgIpc) is 2.43. The third-order valence-electron chi connectivity index (χ3n) is 2.81. The molecule has 108 valence electrons. The molecule has 1 aromatic carbocycles. The maximum absolute atomic E-state index is 11.6. The molecule has 0 radical (unpaired) electrons. The molecule has 20 heavy (non-hydrogen) atoms. The number of likely N-dealkylation sites (N-methyl/N-ethyl adjacent to an activating group) is 1. The number of hydrogen-bond acceptors (Lipinski definition) is 5. The van der Waals surface area contributed by atoms with Gasteiger partial charge in [0.2, 0.25) is 11.8 Å². The normalized spacial score (nSPS) is 9.90. The highest BCUT2D eigenvalue weighted by atomic mass is 16.6.